The zero-order valence-electron chi connectivity index (χ0n) is 12.9. The van der Waals surface area contributed by atoms with E-state index in [1.165, 1.54) is 12.1 Å². The molecule has 3 rings (SSSR count). The number of fused-ring (bicyclic) bond motifs is 1. The molecule has 0 aromatic heterocycles. The summed E-state index contributed by atoms with van der Waals surface area (Å²) in [6.07, 6.45) is -4.41. The van der Waals surface area contributed by atoms with Crippen molar-refractivity contribution in [3.05, 3.63) is 35.4 Å². The van der Waals surface area contributed by atoms with Crippen LogP contribution in [-0.4, -0.2) is 44.0 Å². The standard InChI is InChI=1S/C16H20F3N3O/c1-22-8-12-7-20-9-15(12,10-22)14(23)21-6-11-4-2-3-5-13(11)16(17,18)19/h2-5,12,20H,6-10H2,1H3,(H,21,23)/t12-,15-/m1/s1. The van der Waals surface area contributed by atoms with E-state index in [4.69, 9.17) is 0 Å². The Hall–Kier alpha value is -1.60. The molecule has 2 saturated heterocycles. The summed E-state index contributed by atoms with van der Waals surface area (Å²) < 4.78 is 39.0. The first-order chi connectivity index (χ1) is 10.8. The molecule has 2 heterocycles. The molecule has 126 valence electrons. The second kappa shape index (κ2) is 5.79. The molecule has 0 saturated carbocycles. The lowest BCUT2D eigenvalue weighted by atomic mass is 9.80. The Kier molecular flexibility index (Phi) is 4.10. The van der Waals surface area contributed by atoms with E-state index in [1.54, 1.807) is 6.07 Å². The predicted octanol–water partition coefficient (Wildman–Crippen LogP) is 1.47. The normalized spacial score (nSPS) is 27.9. The average Bonchev–Trinajstić information content (AvgIpc) is 3.00. The van der Waals surface area contributed by atoms with E-state index >= 15 is 0 Å². The molecular weight excluding hydrogens is 307 g/mol. The zero-order valence-corrected chi connectivity index (χ0v) is 12.9. The Balaban J connectivity index is 1.73. The monoisotopic (exact) mass is 327 g/mol. The Morgan fingerprint density at radius 2 is 2.17 bits per heavy atom. The minimum absolute atomic E-state index is 0.0959. The van der Waals surface area contributed by atoms with Crippen molar-refractivity contribution in [2.45, 2.75) is 12.7 Å². The first-order valence-corrected chi connectivity index (χ1v) is 7.65. The number of carbonyl (C=O) groups excluding carboxylic acids is 1. The van der Waals surface area contributed by atoms with Crippen molar-refractivity contribution < 1.29 is 18.0 Å². The van der Waals surface area contributed by atoms with Crippen LogP contribution in [0.2, 0.25) is 0 Å². The van der Waals surface area contributed by atoms with Crippen LogP contribution in [0.3, 0.4) is 0 Å². The second-order valence-electron chi connectivity index (χ2n) is 6.52. The predicted molar refractivity (Wildman–Crippen MR) is 79.6 cm³/mol. The number of carbonyl (C=O) groups is 1. The highest BCUT2D eigenvalue weighted by Gasteiger charge is 2.53. The van der Waals surface area contributed by atoms with Crippen LogP contribution in [0.5, 0.6) is 0 Å². The van der Waals surface area contributed by atoms with Crippen molar-refractivity contribution in [1.82, 2.24) is 15.5 Å². The number of halogens is 3. The molecule has 4 nitrogen and oxygen atoms in total. The van der Waals surface area contributed by atoms with Crippen LogP contribution in [0.25, 0.3) is 0 Å². The number of nitrogens with one attached hydrogen (secondary N) is 2. The highest BCUT2D eigenvalue weighted by molar-refractivity contribution is 5.84. The molecule has 1 aromatic carbocycles. The number of alkyl halides is 3. The molecule has 0 spiro atoms. The minimum Gasteiger partial charge on any atom is -0.351 e. The average molecular weight is 327 g/mol. The summed E-state index contributed by atoms with van der Waals surface area (Å²) in [5.41, 5.74) is -1.12. The summed E-state index contributed by atoms with van der Waals surface area (Å²) >= 11 is 0. The number of nitrogens with zero attached hydrogens (tertiary/aromatic N) is 1. The van der Waals surface area contributed by atoms with Gasteiger partial charge in [-0.15, -0.1) is 0 Å². The van der Waals surface area contributed by atoms with Crippen LogP contribution in [0.1, 0.15) is 11.1 Å². The lowest BCUT2D eigenvalue weighted by Gasteiger charge is -2.26. The molecule has 0 radical (unpaired) electrons. The molecule has 2 aliphatic heterocycles. The summed E-state index contributed by atoms with van der Waals surface area (Å²) in [7, 11) is 1.96. The summed E-state index contributed by atoms with van der Waals surface area (Å²) in [4.78, 5) is 14.8. The van der Waals surface area contributed by atoms with Crippen LogP contribution in [0, 0.1) is 11.3 Å². The Labute approximate surface area is 133 Å². The van der Waals surface area contributed by atoms with Gasteiger partial charge in [-0.2, -0.15) is 13.2 Å². The van der Waals surface area contributed by atoms with Crippen molar-refractivity contribution in [3.8, 4) is 0 Å². The van der Waals surface area contributed by atoms with Crippen molar-refractivity contribution in [1.29, 1.82) is 0 Å². The summed E-state index contributed by atoms with van der Waals surface area (Å²) in [5, 5.41) is 5.96. The number of likely N-dealkylation sites (tertiary alicyclic amines) is 1. The van der Waals surface area contributed by atoms with Gasteiger partial charge < -0.3 is 15.5 Å². The fourth-order valence-electron chi connectivity index (χ4n) is 3.80. The van der Waals surface area contributed by atoms with Gasteiger partial charge in [-0.25, -0.2) is 0 Å². The fraction of sp³-hybridized carbons (Fsp3) is 0.562. The zero-order chi connectivity index (χ0) is 16.7. The third-order valence-electron chi connectivity index (χ3n) is 4.91. The number of amides is 1. The molecule has 2 N–H and O–H groups in total. The van der Waals surface area contributed by atoms with Gasteiger partial charge in [0.05, 0.1) is 11.0 Å². The van der Waals surface area contributed by atoms with Crippen molar-refractivity contribution >= 4 is 5.91 Å². The van der Waals surface area contributed by atoms with E-state index in [1.807, 2.05) is 7.05 Å². The largest absolute Gasteiger partial charge is 0.416 e. The maximum absolute atomic E-state index is 13.0. The molecule has 2 fully saturated rings. The first-order valence-electron chi connectivity index (χ1n) is 7.65. The second-order valence-corrected chi connectivity index (χ2v) is 6.52. The number of hydrogen-bond acceptors (Lipinski definition) is 3. The lowest BCUT2D eigenvalue weighted by Crippen LogP contribution is -2.47. The van der Waals surface area contributed by atoms with Gasteiger partial charge >= 0.3 is 6.18 Å². The molecule has 1 aromatic rings. The van der Waals surface area contributed by atoms with E-state index in [0.717, 1.165) is 19.2 Å². The molecule has 0 unspecified atom stereocenters. The molecule has 2 aliphatic rings. The van der Waals surface area contributed by atoms with Crippen molar-refractivity contribution in [2.24, 2.45) is 11.3 Å². The van der Waals surface area contributed by atoms with Crippen LogP contribution >= 0.6 is 0 Å². The van der Waals surface area contributed by atoms with Crippen LogP contribution in [0.15, 0.2) is 24.3 Å². The van der Waals surface area contributed by atoms with Gasteiger partial charge in [0.1, 0.15) is 0 Å². The Morgan fingerprint density at radius 3 is 2.91 bits per heavy atom. The highest BCUT2D eigenvalue weighted by atomic mass is 19.4. The smallest absolute Gasteiger partial charge is 0.351 e. The van der Waals surface area contributed by atoms with E-state index in [-0.39, 0.29) is 23.9 Å². The molecule has 7 heteroatoms. The Bertz CT molecular complexity index is 604. The maximum atomic E-state index is 13.0. The van der Waals surface area contributed by atoms with Crippen LogP contribution in [-0.2, 0) is 17.5 Å². The third kappa shape index (κ3) is 2.95. The van der Waals surface area contributed by atoms with Crippen molar-refractivity contribution in [2.75, 3.05) is 33.2 Å². The molecule has 23 heavy (non-hydrogen) atoms. The Morgan fingerprint density at radius 1 is 1.43 bits per heavy atom. The molecule has 0 bridgehead atoms. The number of hydrogen-bond donors (Lipinski definition) is 2. The lowest BCUT2D eigenvalue weighted by molar-refractivity contribution is -0.139. The van der Waals surface area contributed by atoms with E-state index < -0.39 is 17.2 Å². The van der Waals surface area contributed by atoms with E-state index in [0.29, 0.717) is 13.1 Å². The minimum atomic E-state index is -4.41. The summed E-state index contributed by atoms with van der Waals surface area (Å²) in [6, 6.07) is 5.36. The molecule has 2 atom stereocenters. The van der Waals surface area contributed by atoms with Gasteiger partial charge in [0, 0.05) is 38.6 Å². The summed E-state index contributed by atoms with van der Waals surface area (Å²) in [6.45, 7) is 2.72. The molecule has 1 amide bonds. The first kappa shape index (κ1) is 16.3. The van der Waals surface area contributed by atoms with Crippen LogP contribution < -0.4 is 10.6 Å². The fourth-order valence-corrected chi connectivity index (χ4v) is 3.80. The van der Waals surface area contributed by atoms with Gasteiger partial charge in [-0.3, -0.25) is 4.79 Å². The van der Waals surface area contributed by atoms with Gasteiger partial charge in [-0.05, 0) is 18.7 Å². The number of benzene rings is 1. The van der Waals surface area contributed by atoms with Gasteiger partial charge in [0.15, 0.2) is 0 Å². The van der Waals surface area contributed by atoms with Gasteiger partial charge in [0.2, 0.25) is 5.91 Å². The van der Waals surface area contributed by atoms with Crippen molar-refractivity contribution in [3.63, 3.8) is 0 Å². The summed E-state index contributed by atoms with van der Waals surface area (Å²) in [5.74, 6) is 0.0548. The van der Waals surface area contributed by atoms with Gasteiger partial charge in [-0.1, -0.05) is 18.2 Å². The molecule has 0 aliphatic carbocycles. The highest BCUT2D eigenvalue weighted by Crippen LogP contribution is 2.38. The topological polar surface area (TPSA) is 44.4 Å². The SMILES string of the molecule is CN1C[C@H]2CNC[C@@]2(C(=O)NCc2ccccc2C(F)(F)F)C1. The quantitative estimate of drug-likeness (QED) is 0.884. The van der Waals surface area contributed by atoms with E-state index in [2.05, 4.69) is 15.5 Å². The third-order valence-corrected chi connectivity index (χ3v) is 4.91. The maximum Gasteiger partial charge on any atom is 0.416 e. The van der Waals surface area contributed by atoms with Crippen LogP contribution in [0.4, 0.5) is 13.2 Å². The van der Waals surface area contributed by atoms with E-state index in [9.17, 15) is 18.0 Å². The number of rotatable bonds is 3. The molecular formula is C16H20F3N3O. The van der Waals surface area contributed by atoms with Gasteiger partial charge in [0.25, 0.3) is 0 Å².